The number of rotatable bonds is 5. The first-order chi connectivity index (χ1) is 12.2. The summed E-state index contributed by atoms with van der Waals surface area (Å²) in [5, 5.41) is 11.2. The van der Waals surface area contributed by atoms with Gasteiger partial charge in [0.05, 0.1) is 18.4 Å². The van der Waals surface area contributed by atoms with Crippen LogP contribution in [-0.2, 0) is 11.3 Å². The third kappa shape index (κ3) is 3.03. The van der Waals surface area contributed by atoms with Gasteiger partial charge in [-0.1, -0.05) is 0 Å². The number of nitrogens with zero attached hydrogens (tertiary/aromatic N) is 3. The number of carbonyl (C=O) groups excluding carboxylic acids is 1. The van der Waals surface area contributed by atoms with E-state index in [0.29, 0.717) is 17.0 Å². The summed E-state index contributed by atoms with van der Waals surface area (Å²) in [5.74, 6) is 0.397. The molecule has 1 aliphatic carbocycles. The zero-order valence-corrected chi connectivity index (χ0v) is 14.7. The van der Waals surface area contributed by atoms with Crippen molar-refractivity contribution in [3.63, 3.8) is 0 Å². The molecule has 5 nitrogen and oxygen atoms in total. The molecule has 0 spiro atoms. The van der Waals surface area contributed by atoms with Crippen molar-refractivity contribution in [2.75, 3.05) is 6.61 Å². The first-order valence-corrected chi connectivity index (χ1v) is 9.17. The van der Waals surface area contributed by atoms with Crippen LogP contribution < -0.4 is 0 Å². The van der Waals surface area contributed by atoms with Crippen molar-refractivity contribution in [1.29, 1.82) is 5.26 Å². The van der Waals surface area contributed by atoms with Gasteiger partial charge in [0.25, 0.3) is 0 Å². The summed E-state index contributed by atoms with van der Waals surface area (Å²) in [6.45, 7) is 3.10. The maximum Gasteiger partial charge on any atom is 0.349 e. The van der Waals surface area contributed by atoms with E-state index in [0.717, 1.165) is 33.9 Å². The summed E-state index contributed by atoms with van der Waals surface area (Å²) >= 11 is 1.31. The second kappa shape index (κ2) is 6.34. The van der Waals surface area contributed by atoms with Crippen LogP contribution in [0.2, 0.25) is 0 Å². The van der Waals surface area contributed by atoms with E-state index >= 15 is 0 Å². The van der Waals surface area contributed by atoms with Crippen LogP contribution >= 0.6 is 11.3 Å². The molecule has 0 bridgehead atoms. The van der Waals surface area contributed by atoms with Crippen molar-refractivity contribution < 1.29 is 9.53 Å². The molecule has 2 aromatic heterocycles. The average Bonchev–Trinajstić information content (AvgIpc) is 3.18. The van der Waals surface area contributed by atoms with E-state index in [1.807, 2.05) is 24.4 Å². The third-order valence-electron chi connectivity index (χ3n) is 4.38. The summed E-state index contributed by atoms with van der Waals surface area (Å²) in [5.41, 5.74) is 2.67. The van der Waals surface area contributed by atoms with Crippen molar-refractivity contribution in [1.82, 2.24) is 9.55 Å². The molecule has 3 aromatic rings. The minimum absolute atomic E-state index is 0.345. The molecule has 1 aromatic carbocycles. The fourth-order valence-corrected chi connectivity index (χ4v) is 3.76. The molecular formula is C19H17N3O2S. The molecule has 0 atom stereocenters. The van der Waals surface area contributed by atoms with Gasteiger partial charge in [-0.2, -0.15) is 5.26 Å². The number of thiazole rings is 1. The van der Waals surface area contributed by atoms with Gasteiger partial charge < -0.3 is 9.30 Å². The number of benzene rings is 1. The lowest BCUT2D eigenvalue weighted by Gasteiger charge is -2.04. The third-order valence-corrected chi connectivity index (χ3v) is 5.41. The Morgan fingerprint density at radius 1 is 1.48 bits per heavy atom. The molecule has 1 fully saturated rings. The van der Waals surface area contributed by atoms with Gasteiger partial charge in [0, 0.05) is 29.2 Å². The lowest BCUT2D eigenvalue weighted by molar-refractivity contribution is 0.0532. The number of nitriles is 1. The largest absolute Gasteiger partial charge is 0.462 e. The maximum absolute atomic E-state index is 11.8. The molecule has 0 unspecified atom stereocenters. The zero-order chi connectivity index (χ0) is 17.4. The van der Waals surface area contributed by atoms with E-state index in [-0.39, 0.29) is 5.97 Å². The van der Waals surface area contributed by atoms with Gasteiger partial charge in [-0.3, -0.25) is 0 Å². The van der Waals surface area contributed by atoms with Crippen LogP contribution in [0, 0.1) is 17.2 Å². The Morgan fingerprint density at radius 2 is 2.32 bits per heavy atom. The van der Waals surface area contributed by atoms with Crippen LogP contribution in [0.1, 0.15) is 35.0 Å². The van der Waals surface area contributed by atoms with Gasteiger partial charge in [-0.05, 0) is 43.9 Å². The molecule has 0 saturated heterocycles. The quantitative estimate of drug-likeness (QED) is 0.645. The number of aromatic nitrogens is 2. The molecule has 1 saturated carbocycles. The Balaban J connectivity index is 1.71. The van der Waals surface area contributed by atoms with Gasteiger partial charge in [0.1, 0.15) is 16.0 Å². The number of carbonyl (C=O) groups is 1. The van der Waals surface area contributed by atoms with E-state index in [2.05, 4.69) is 15.6 Å². The summed E-state index contributed by atoms with van der Waals surface area (Å²) in [6.07, 6.45) is 6.04. The van der Waals surface area contributed by atoms with E-state index in [1.165, 1.54) is 24.2 Å². The molecule has 6 heteroatoms. The fraction of sp³-hybridized carbons (Fsp3) is 0.316. The molecular weight excluding hydrogens is 334 g/mol. The van der Waals surface area contributed by atoms with E-state index in [1.54, 1.807) is 13.1 Å². The maximum atomic E-state index is 11.8. The van der Waals surface area contributed by atoms with Crippen LogP contribution in [0.5, 0.6) is 0 Å². The number of ether oxygens (including phenoxy) is 1. The van der Waals surface area contributed by atoms with Gasteiger partial charge >= 0.3 is 5.97 Å². The molecule has 25 heavy (non-hydrogen) atoms. The first-order valence-electron chi connectivity index (χ1n) is 8.36. The fourth-order valence-electron chi connectivity index (χ4n) is 2.95. The lowest BCUT2D eigenvalue weighted by atomic mass is 10.1. The summed E-state index contributed by atoms with van der Waals surface area (Å²) in [4.78, 5) is 16.7. The molecule has 2 heterocycles. The Hall–Kier alpha value is -2.65. The average molecular weight is 351 g/mol. The molecule has 4 rings (SSSR count). The minimum Gasteiger partial charge on any atom is -0.462 e. The van der Waals surface area contributed by atoms with E-state index in [9.17, 15) is 10.1 Å². The molecule has 0 N–H and O–H groups in total. The molecule has 1 aliphatic rings. The van der Waals surface area contributed by atoms with Crippen LogP contribution in [0.15, 0.2) is 30.6 Å². The van der Waals surface area contributed by atoms with Gasteiger partial charge in [-0.15, -0.1) is 11.3 Å². The number of esters is 1. The van der Waals surface area contributed by atoms with Crippen molar-refractivity contribution in [2.45, 2.75) is 26.3 Å². The highest BCUT2D eigenvalue weighted by atomic mass is 32.1. The predicted molar refractivity (Wildman–Crippen MR) is 96.4 cm³/mol. The van der Waals surface area contributed by atoms with Crippen LogP contribution in [0.4, 0.5) is 0 Å². The SMILES string of the molecule is CCOC(=O)c1cnc(-c2ccc3c(c2)c(C#N)cn3CC2CC2)s1. The van der Waals surface area contributed by atoms with Gasteiger partial charge in [0.15, 0.2) is 0 Å². The predicted octanol–water partition coefficient (Wildman–Crippen LogP) is 4.22. The minimum atomic E-state index is -0.347. The Bertz CT molecular complexity index is 992. The molecule has 0 aliphatic heterocycles. The van der Waals surface area contributed by atoms with Crippen molar-refractivity contribution >= 4 is 28.2 Å². The molecule has 0 amide bonds. The highest BCUT2D eigenvalue weighted by Gasteiger charge is 2.23. The van der Waals surface area contributed by atoms with Crippen molar-refractivity contribution in [3.8, 4) is 16.6 Å². The standard InChI is InChI=1S/C19H17N3O2S/c1-2-24-19(23)17-9-21-18(25-17)13-5-6-16-15(7-13)14(8-20)11-22(16)10-12-3-4-12/h5-7,9,11-12H,2-4,10H2,1H3. The second-order valence-corrected chi connectivity index (χ2v) is 7.26. The highest BCUT2D eigenvalue weighted by Crippen LogP contribution is 2.34. The van der Waals surface area contributed by atoms with Crippen LogP contribution in [0.3, 0.4) is 0 Å². The number of hydrogen-bond acceptors (Lipinski definition) is 5. The van der Waals surface area contributed by atoms with Crippen LogP contribution in [-0.4, -0.2) is 22.1 Å². The second-order valence-electron chi connectivity index (χ2n) is 6.23. The summed E-state index contributed by atoms with van der Waals surface area (Å²) in [6, 6.07) is 8.32. The highest BCUT2D eigenvalue weighted by molar-refractivity contribution is 7.16. The normalized spacial score (nSPS) is 13.8. The zero-order valence-electron chi connectivity index (χ0n) is 13.9. The molecule has 0 radical (unpaired) electrons. The summed E-state index contributed by atoms with van der Waals surface area (Å²) in [7, 11) is 0. The molecule has 126 valence electrons. The Morgan fingerprint density at radius 3 is 3.04 bits per heavy atom. The number of fused-ring (bicyclic) bond motifs is 1. The van der Waals surface area contributed by atoms with E-state index in [4.69, 9.17) is 4.74 Å². The van der Waals surface area contributed by atoms with Crippen molar-refractivity contribution in [3.05, 3.63) is 41.0 Å². The smallest absolute Gasteiger partial charge is 0.349 e. The Kier molecular flexibility index (Phi) is 4.02. The summed E-state index contributed by atoms with van der Waals surface area (Å²) < 4.78 is 7.20. The topological polar surface area (TPSA) is 67.9 Å². The van der Waals surface area contributed by atoms with Crippen molar-refractivity contribution in [2.24, 2.45) is 5.92 Å². The Labute approximate surface area is 149 Å². The van der Waals surface area contributed by atoms with Crippen LogP contribution in [0.25, 0.3) is 21.5 Å². The first kappa shape index (κ1) is 15.9. The van der Waals surface area contributed by atoms with E-state index < -0.39 is 0 Å². The monoisotopic (exact) mass is 351 g/mol. The lowest BCUT2D eigenvalue weighted by Crippen LogP contribution is -2.01. The number of hydrogen-bond donors (Lipinski definition) is 0. The van der Waals surface area contributed by atoms with Gasteiger partial charge in [0.2, 0.25) is 0 Å². The van der Waals surface area contributed by atoms with Gasteiger partial charge in [-0.25, -0.2) is 9.78 Å².